The lowest BCUT2D eigenvalue weighted by atomic mass is 10.2. The number of benzene rings is 1. The minimum absolute atomic E-state index is 0. The fourth-order valence-corrected chi connectivity index (χ4v) is 4.90. The van der Waals surface area contributed by atoms with E-state index in [1.165, 1.54) is 37.1 Å². The van der Waals surface area contributed by atoms with E-state index in [2.05, 4.69) is 57.8 Å². The van der Waals surface area contributed by atoms with Crippen LogP contribution in [0.3, 0.4) is 0 Å². The van der Waals surface area contributed by atoms with Crippen molar-refractivity contribution in [2.24, 2.45) is 4.99 Å². The van der Waals surface area contributed by atoms with Gasteiger partial charge in [-0.25, -0.2) is 4.99 Å². The molecule has 1 aromatic rings. The average molecular weight is 546 g/mol. The van der Waals surface area contributed by atoms with Crippen LogP contribution in [0.4, 0.5) is 0 Å². The Labute approximate surface area is 202 Å². The lowest BCUT2D eigenvalue weighted by Crippen LogP contribution is -2.47. The van der Waals surface area contributed by atoms with E-state index < -0.39 is 0 Å². The van der Waals surface area contributed by atoms with Gasteiger partial charge in [0, 0.05) is 42.9 Å². The molecule has 0 spiro atoms. The number of aliphatic imine (C=N–C) groups is 1. The van der Waals surface area contributed by atoms with Crippen molar-refractivity contribution in [2.45, 2.75) is 48.3 Å². The molecule has 1 unspecified atom stereocenters. The Bertz CT molecular complexity index is 696. The summed E-state index contributed by atoms with van der Waals surface area (Å²) in [6.07, 6.45) is 4.89. The molecule has 1 amide bonds. The second-order valence-corrected chi connectivity index (χ2v) is 9.75. The molecule has 1 heterocycles. The summed E-state index contributed by atoms with van der Waals surface area (Å²) in [6, 6.07) is 11.1. The fourth-order valence-electron chi connectivity index (χ4n) is 3.66. The van der Waals surface area contributed by atoms with Gasteiger partial charge in [-0.05, 0) is 50.9 Å². The first-order valence-electron chi connectivity index (χ1n) is 10.7. The molecule has 3 rings (SSSR count). The predicted octanol–water partition coefficient (Wildman–Crippen LogP) is 3.04. The number of carbonyl (C=O) groups excluding carboxylic acids is 1. The van der Waals surface area contributed by atoms with E-state index in [4.69, 9.17) is 0 Å². The first kappa shape index (κ1) is 25.3. The maximum atomic E-state index is 12.0. The van der Waals surface area contributed by atoms with Crippen molar-refractivity contribution < 1.29 is 4.79 Å². The van der Waals surface area contributed by atoms with Gasteiger partial charge in [-0.15, -0.1) is 35.7 Å². The van der Waals surface area contributed by atoms with Gasteiger partial charge in [-0.3, -0.25) is 9.69 Å². The molecule has 30 heavy (non-hydrogen) atoms. The van der Waals surface area contributed by atoms with Gasteiger partial charge in [0.1, 0.15) is 6.54 Å². The number of thioether (sulfide) groups is 1. The smallest absolute Gasteiger partial charge is 0.243 e. The van der Waals surface area contributed by atoms with Crippen LogP contribution >= 0.6 is 35.7 Å². The summed E-state index contributed by atoms with van der Waals surface area (Å²) in [7, 11) is 3.54. The standard InChI is InChI=1S/C22H35N5OS.HI/c1-4-27-14-8-9-18(27)15-23-21(24-16-20(28)26(2)3)25-17-22(12-13-22)29-19-10-6-5-7-11-19;/h5-7,10-11,18H,4,8-9,12-17H2,1-3H3,(H2,23,24,25);1H. The first-order chi connectivity index (χ1) is 14.0. The molecule has 168 valence electrons. The zero-order chi connectivity index (χ0) is 20.7. The van der Waals surface area contributed by atoms with Crippen LogP contribution in [0.2, 0.25) is 0 Å². The van der Waals surface area contributed by atoms with Crippen molar-refractivity contribution in [3.63, 3.8) is 0 Å². The number of halogens is 1. The summed E-state index contributed by atoms with van der Waals surface area (Å²) < 4.78 is 0.234. The summed E-state index contributed by atoms with van der Waals surface area (Å²) >= 11 is 1.95. The number of amides is 1. The van der Waals surface area contributed by atoms with Gasteiger partial charge in [0.05, 0.1) is 0 Å². The van der Waals surface area contributed by atoms with Gasteiger partial charge in [0.25, 0.3) is 0 Å². The second kappa shape index (κ2) is 12.1. The largest absolute Gasteiger partial charge is 0.355 e. The van der Waals surface area contributed by atoms with Crippen LogP contribution in [0.5, 0.6) is 0 Å². The van der Waals surface area contributed by atoms with Gasteiger partial charge < -0.3 is 15.5 Å². The monoisotopic (exact) mass is 545 g/mol. The van der Waals surface area contributed by atoms with E-state index in [-0.39, 0.29) is 41.2 Å². The Balaban J connectivity index is 0.00000320. The molecule has 2 fully saturated rings. The zero-order valence-corrected chi connectivity index (χ0v) is 21.5. The summed E-state index contributed by atoms with van der Waals surface area (Å²) in [4.78, 5) is 22.0. The third-order valence-electron chi connectivity index (χ3n) is 5.74. The highest BCUT2D eigenvalue weighted by Gasteiger charge is 2.43. The molecule has 2 N–H and O–H groups in total. The number of guanidine groups is 1. The molecule has 1 aliphatic carbocycles. The van der Waals surface area contributed by atoms with Gasteiger partial charge in [0.2, 0.25) is 5.91 Å². The van der Waals surface area contributed by atoms with Crippen molar-refractivity contribution in [3.05, 3.63) is 30.3 Å². The number of nitrogens with zero attached hydrogens (tertiary/aromatic N) is 3. The van der Waals surface area contributed by atoms with E-state index in [9.17, 15) is 4.79 Å². The fraction of sp³-hybridized carbons (Fsp3) is 0.636. The Morgan fingerprint density at radius 2 is 2.00 bits per heavy atom. The van der Waals surface area contributed by atoms with Crippen molar-refractivity contribution >= 4 is 47.6 Å². The van der Waals surface area contributed by atoms with Crippen LogP contribution in [0.25, 0.3) is 0 Å². The molecule has 1 saturated heterocycles. The highest BCUT2D eigenvalue weighted by atomic mass is 127. The maximum Gasteiger partial charge on any atom is 0.243 e. The maximum absolute atomic E-state index is 12.0. The summed E-state index contributed by atoms with van der Waals surface area (Å²) in [6.45, 7) is 6.38. The lowest BCUT2D eigenvalue weighted by molar-refractivity contribution is -0.127. The quantitative estimate of drug-likeness (QED) is 0.284. The molecule has 1 atom stereocenters. The highest BCUT2D eigenvalue weighted by molar-refractivity contribution is 14.0. The zero-order valence-electron chi connectivity index (χ0n) is 18.4. The Hall–Kier alpha value is -1.000. The summed E-state index contributed by atoms with van der Waals surface area (Å²) in [5.74, 6) is 0.769. The number of likely N-dealkylation sites (tertiary alicyclic amines) is 1. The molecular weight excluding hydrogens is 509 g/mol. The van der Waals surface area contributed by atoms with Gasteiger partial charge in [-0.1, -0.05) is 25.1 Å². The molecule has 0 aromatic heterocycles. The molecule has 6 nitrogen and oxygen atoms in total. The van der Waals surface area contributed by atoms with Crippen LogP contribution in [0.1, 0.15) is 32.6 Å². The van der Waals surface area contributed by atoms with E-state index in [1.807, 2.05) is 11.8 Å². The number of likely N-dealkylation sites (N-methyl/N-ethyl adjacent to an activating group) is 2. The van der Waals surface area contributed by atoms with Crippen molar-refractivity contribution in [1.29, 1.82) is 0 Å². The highest BCUT2D eigenvalue weighted by Crippen LogP contribution is 2.51. The summed E-state index contributed by atoms with van der Waals surface area (Å²) in [5, 5.41) is 7.02. The topological polar surface area (TPSA) is 60.0 Å². The number of rotatable bonds is 9. The third-order valence-corrected chi connectivity index (χ3v) is 7.24. The average Bonchev–Trinajstić information content (AvgIpc) is 3.33. The molecule has 1 aromatic carbocycles. The van der Waals surface area contributed by atoms with Crippen LogP contribution in [0.15, 0.2) is 40.2 Å². The molecule has 0 bridgehead atoms. The van der Waals surface area contributed by atoms with E-state index in [0.717, 1.165) is 25.6 Å². The Morgan fingerprint density at radius 1 is 1.27 bits per heavy atom. The molecule has 2 aliphatic rings. The molecule has 1 saturated carbocycles. The van der Waals surface area contributed by atoms with E-state index in [0.29, 0.717) is 6.04 Å². The molecule has 0 radical (unpaired) electrons. The van der Waals surface area contributed by atoms with Gasteiger partial charge in [0.15, 0.2) is 5.96 Å². The van der Waals surface area contributed by atoms with Crippen molar-refractivity contribution in [3.8, 4) is 0 Å². The summed E-state index contributed by atoms with van der Waals surface area (Å²) in [5.41, 5.74) is 0. The normalized spacial score (nSPS) is 20.4. The lowest BCUT2D eigenvalue weighted by Gasteiger charge is -2.25. The first-order valence-corrected chi connectivity index (χ1v) is 11.5. The van der Waals surface area contributed by atoms with Crippen LogP contribution in [-0.4, -0.2) is 79.3 Å². The van der Waals surface area contributed by atoms with Gasteiger partial charge in [-0.2, -0.15) is 0 Å². The van der Waals surface area contributed by atoms with Crippen LogP contribution in [0, 0.1) is 0 Å². The van der Waals surface area contributed by atoms with Crippen LogP contribution < -0.4 is 10.6 Å². The minimum atomic E-state index is 0. The molecule has 1 aliphatic heterocycles. The third kappa shape index (κ3) is 7.60. The van der Waals surface area contributed by atoms with E-state index >= 15 is 0 Å². The second-order valence-electron chi connectivity index (χ2n) is 8.21. The van der Waals surface area contributed by atoms with Crippen molar-refractivity contribution in [2.75, 3.05) is 46.8 Å². The predicted molar refractivity (Wildman–Crippen MR) is 137 cm³/mol. The Kier molecular flexibility index (Phi) is 10.2. The molecular formula is C22H36IN5OS. The van der Waals surface area contributed by atoms with E-state index in [1.54, 1.807) is 19.0 Å². The van der Waals surface area contributed by atoms with Crippen molar-refractivity contribution in [1.82, 2.24) is 20.4 Å². The number of hydrogen-bond acceptors (Lipinski definition) is 4. The van der Waals surface area contributed by atoms with Gasteiger partial charge >= 0.3 is 0 Å². The minimum Gasteiger partial charge on any atom is -0.355 e. The molecule has 8 heteroatoms. The number of hydrogen-bond donors (Lipinski definition) is 2. The SMILES string of the molecule is CCN1CCCC1CNC(=NCC(=O)N(C)C)NCC1(Sc2ccccc2)CC1.I. The number of carbonyl (C=O) groups is 1. The number of nitrogens with one attached hydrogen (secondary N) is 2. The Morgan fingerprint density at radius 3 is 2.63 bits per heavy atom. The van der Waals surface area contributed by atoms with Crippen LogP contribution in [-0.2, 0) is 4.79 Å².